The van der Waals surface area contributed by atoms with E-state index in [9.17, 15) is 9.18 Å². The standard InChI is InChI=1S/C22H19FO4/c1-25-22(24)21-13-12-19(27-21)6-2-4-16-5-3-7-20(14-16)26-15-17-8-10-18(23)11-9-17/h2-3,5-14H,4,15H2,1H3/b6-2-. The molecule has 0 aliphatic rings. The first-order chi connectivity index (χ1) is 13.1. The number of methoxy groups -OCH3 is 1. The van der Waals surface area contributed by atoms with Gasteiger partial charge in [-0.2, -0.15) is 0 Å². The van der Waals surface area contributed by atoms with E-state index >= 15 is 0 Å². The summed E-state index contributed by atoms with van der Waals surface area (Å²) in [7, 11) is 1.31. The molecule has 0 amide bonds. The van der Waals surface area contributed by atoms with Crippen LogP contribution in [0.2, 0.25) is 0 Å². The SMILES string of the molecule is COC(=O)c1ccc(/C=C\Cc2cccc(OCc3ccc(F)cc3)c2)o1. The predicted molar refractivity (Wildman–Crippen MR) is 100.0 cm³/mol. The smallest absolute Gasteiger partial charge is 0.373 e. The second kappa shape index (κ2) is 8.85. The first kappa shape index (κ1) is 18.5. The van der Waals surface area contributed by atoms with Crippen molar-refractivity contribution in [3.63, 3.8) is 0 Å². The number of ether oxygens (including phenoxy) is 2. The second-order valence-electron chi connectivity index (χ2n) is 5.86. The molecule has 1 aromatic heterocycles. The number of benzene rings is 2. The van der Waals surface area contributed by atoms with E-state index in [2.05, 4.69) is 4.74 Å². The Kier molecular flexibility index (Phi) is 6.05. The number of halogens is 1. The van der Waals surface area contributed by atoms with Crippen LogP contribution in [-0.2, 0) is 17.8 Å². The van der Waals surface area contributed by atoms with Gasteiger partial charge in [0.2, 0.25) is 5.76 Å². The highest BCUT2D eigenvalue weighted by molar-refractivity contribution is 5.86. The third-order valence-electron chi connectivity index (χ3n) is 3.87. The van der Waals surface area contributed by atoms with Crippen LogP contribution in [0, 0.1) is 5.82 Å². The van der Waals surface area contributed by atoms with Gasteiger partial charge in [-0.25, -0.2) is 9.18 Å². The minimum Gasteiger partial charge on any atom is -0.489 e. The lowest BCUT2D eigenvalue weighted by Gasteiger charge is -2.07. The normalized spacial score (nSPS) is 10.9. The lowest BCUT2D eigenvalue weighted by Crippen LogP contribution is -1.98. The molecule has 5 heteroatoms. The van der Waals surface area contributed by atoms with E-state index in [4.69, 9.17) is 9.15 Å². The van der Waals surface area contributed by atoms with Crippen LogP contribution in [0.1, 0.15) is 27.4 Å². The summed E-state index contributed by atoms with van der Waals surface area (Å²) < 4.78 is 28.7. The fourth-order valence-corrected chi connectivity index (χ4v) is 2.47. The molecule has 0 radical (unpaired) electrons. The largest absolute Gasteiger partial charge is 0.489 e. The van der Waals surface area contributed by atoms with Crippen molar-refractivity contribution in [2.75, 3.05) is 7.11 Å². The molecule has 2 aromatic carbocycles. The third-order valence-corrected chi connectivity index (χ3v) is 3.87. The molecule has 138 valence electrons. The van der Waals surface area contributed by atoms with Gasteiger partial charge >= 0.3 is 5.97 Å². The maximum absolute atomic E-state index is 12.9. The van der Waals surface area contributed by atoms with Crippen LogP contribution in [0.15, 0.2) is 71.2 Å². The second-order valence-corrected chi connectivity index (χ2v) is 5.86. The highest BCUT2D eigenvalue weighted by atomic mass is 19.1. The van der Waals surface area contributed by atoms with Crippen molar-refractivity contribution in [2.45, 2.75) is 13.0 Å². The zero-order valence-electron chi connectivity index (χ0n) is 14.9. The minimum absolute atomic E-state index is 0.174. The Balaban J connectivity index is 1.56. The number of carbonyl (C=O) groups is 1. The Morgan fingerprint density at radius 3 is 2.67 bits per heavy atom. The molecule has 0 atom stereocenters. The van der Waals surface area contributed by atoms with Gasteiger partial charge in [-0.05, 0) is 60.0 Å². The minimum atomic E-state index is -0.499. The summed E-state index contributed by atoms with van der Waals surface area (Å²) in [5.74, 6) is 0.743. The van der Waals surface area contributed by atoms with Gasteiger partial charge in [0.1, 0.15) is 23.9 Å². The quantitative estimate of drug-likeness (QED) is 0.550. The molecule has 1 heterocycles. The maximum atomic E-state index is 12.9. The highest BCUT2D eigenvalue weighted by Gasteiger charge is 2.09. The number of hydrogen-bond acceptors (Lipinski definition) is 4. The Labute approximate surface area is 156 Å². The molecule has 0 saturated carbocycles. The summed E-state index contributed by atoms with van der Waals surface area (Å²) in [5, 5.41) is 0. The van der Waals surface area contributed by atoms with E-state index in [1.54, 1.807) is 30.3 Å². The molecule has 0 bridgehead atoms. The molecule has 4 nitrogen and oxygen atoms in total. The van der Waals surface area contributed by atoms with Gasteiger partial charge < -0.3 is 13.9 Å². The molecule has 0 spiro atoms. The third kappa shape index (κ3) is 5.31. The Morgan fingerprint density at radius 2 is 1.89 bits per heavy atom. The number of allylic oxidation sites excluding steroid dienone is 1. The molecule has 3 aromatic rings. The summed E-state index contributed by atoms with van der Waals surface area (Å²) in [5.41, 5.74) is 1.98. The van der Waals surface area contributed by atoms with Crippen LogP contribution >= 0.6 is 0 Å². The predicted octanol–water partition coefficient (Wildman–Crippen LogP) is 5.04. The maximum Gasteiger partial charge on any atom is 0.373 e. The molecule has 0 fully saturated rings. The van der Waals surface area contributed by atoms with E-state index < -0.39 is 5.97 Å². The van der Waals surface area contributed by atoms with Gasteiger partial charge in [-0.1, -0.05) is 30.3 Å². The lowest BCUT2D eigenvalue weighted by molar-refractivity contribution is 0.0564. The van der Waals surface area contributed by atoms with Crippen molar-refractivity contribution >= 4 is 12.0 Å². The van der Waals surface area contributed by atoms with Crippen LogP contribution in [-0.4, -0.2) is 13.1 Å². The van der Waals surface area contributed by atoms with Crippen molar-refractivity contribution in [2.24, 2.45) is 0 Å². The Hall–Kier alpha value is -3.34. The zero-order valence-corrected chi connectivity index (χ0v) is 14.9. The van der Waals surface area contributed by atoms with E-state index in [-0.39, 0.29) is 11.6 Å². The summed E-state index contributed by atoms with van der Waals surface area (Å²) >= 11 is 0. The van der Waals surface area contributed by atoms with Crippen molar-refractivity contribution in [1.82, 2.24) is 0 Å². The number of esters is 1. The molecule has 27 heavy (non-hydrogen) atoms. The van der Waals surface area contributed by atoms with Gasteiger partial charge in [0, 0.05) is 0 Å². The average molecular weight is 366 g/mol. The van der Waals surface area contributed by atoms with Crippen LogP contribution < -0.4 is 4.74 Å². The molecule has 0 saturated heterocycles. The molecular formula is C22H19FO4. The topological polar surface area (TPSA) is 48.7 Å². The zero-order chi connectivity index (χ0) is 19.1. The lowest BCUT2D eigenvalue weighted by atomic mass is 10.1. The summed E-state index contributed by atoms with van der Waals surface area (Å²) in [6, 6.07) is 17.3. The van der Waals surface area contributed by atoms with Gasteiger partial charge in [0.05, 0.1) is 7.11 Å². The van der Waals surface area contributed by atoms with Crippen molar-refractivity contribution in [3.05, 3.63) is 95.2 Å². The number of furan rings is 1. The molecule has 0 unspecified atom stereocenters. The molecule has 0 N–H and O–H groups in total. The number of carbonyl (C=O) groups excluding carboxylic acids is 1. The van der Waals surface area contributed by atoms with E-state index in [1.165, 1.54) is 19.2 Å². The molecule has 0 aliphatic carbocycles. The Morgan fingerprint density at radius 1 is 1.07 bits per heavy atom. The Bertz CT molecular complexity index is 925. The molecular weight excluding hydrogens is 347 g/mol. The van der Waals surface area contributed by atoms with Crippen LogP contribution in [0.4, 0.5) is 4.39 Å². The van der Waals surface area contributed by atoms with E-state index in [1.807, 2.05) is 30.3 Å². The summed E-state index contributed by atoms with van der Waals surface area (Å²) in [6.07, 6.45) is 4.43. The summed E-state index contributed by atoms with van der Waals surface area (Å²) in [6.45, 7) is 0.377. The van der Waals surface area contributed by atoms with E-state index in [0.717, 1.165) is 16.9 Å². The highest BCUT2D eigenvalue weighted by Crippen LogP contribution is 2.17. The average Bonchev–Trinajstić information content (AvgIpc) is 3.16. The van der Waals surface area contributed by atoms with Crippen LogP contribution in [0.25, 0.3) is 6.08 Å². The van der Waals surface area contributed by atoms with Crippen molar-refractivity contribution in [3.8, 4) is 5.75 Å². The molecule has 0 aliphatic heterocycles. The van der Waals surface area contributed by atoms with Crippen LogP contribution in [0.3, 0.4) is 0 Å². The number of rotatable bonds is 7. The molecule has 3 rings (SSSR count). The first-order valence-corrected chi connectivity index (χ1v) is 8.45. The van der Waals surface area contributed by atoms with Crippen molar-refractivity contribution < 1.29 is 23.1 Å². The first-order valence-electron chi connectivity index (χ1n) is 8.45. The van der Waals surface area contributed by atoms with Gasteiger partial charge in [0.25, 0.3) is 0 Å². The fraction of sp³-hybridized carbons (Fsp3) is 0.136. The number of hydrogen-bond donors (Lipinski definition) is 0. The fourth-order valence-electron chi connectivity index (χ4n) is 2.47. The van der Waals surface area contributed by atoms with Gasteiger partial charge in [-0.3, -0.25) is 0 Å². The van der Waals surface area contributed by atoms with Crippen molar-refractivity contribution in [1.29, 1.82) is 0 Å². The monoisotopic (exact) mass is 366 g/mol. The summed E-state index contributed by atoms with van der Waals surface area (Å²) in [4.78, 5) is 11.4. The van der Waals surface area contributed by atoms with Gasteiger partial charge in [0.15, 0.2) is 0 Å². The van der Waals surface area contributed by atoms with Gasteiger partial charge in [-0.15, -0.1) is 0 Å². The van der Waals surface area contributed by atoms with E-state index in [0.29, 0.717) is 18.8 Å². The van der Waals surface area contributed by atoms with Crippen LogP contribution in [0.5, 0.6) is 5.75 Å².